The van der Waals surface area contributed by atoms with Crippen LogP contribution in [0.25, 0.3) is 10.6 Å². The number of rotatable bonds is 6. The van der Waals surface area contributed by atoms with E-state index in [0.29, 0.717) is 27.6 Å². The highest BCUT2D eigenvalue weighted by atomic mass is 32.1. The lowest BCUT2D eigenvalue weighted by Gasteiger charge is -2.08. The highest BCUT2D eigenvalue weighted by Crippen LogP contribution is 2.31. The molecule has 2 aromatic heterocycles. The quantitative estimate of drug-likeness (QED) is 0.369. The van der Waals surface area contributed by atoms with Crippen LogP contribution in [0.5, 0.6) is 0 Å². The Hall–Kier alpha value is -3.92. The number of carbonyl (C=O) groups is 2. The molecule has 2 heterocycles. The Kier molecular flexibility index (Phi) is 6.27. The Morgan fingerprint density at radius 2 is 1.70 bits per heavy atom. The Bertz CT molecular complexity index is 1270. The van der Waals surface area contributed by atoms with Gasteiger partial charge in [-0.05, 0) is 42.5 Å². The molecule has 0 saturated heterocycles. The van der Waals surface area contributed by atoms with Crippen LogP contribution in [0.1, 0.15) is 21.8 Å². The van der Waals surface area contributed by atoms with Crippen molar-refractivity contribution >= 4 is 34.5 Å². The summed E-state index contributed by atoms with van der Waals surface area (Å²) in [6, 6.07) is 14.5. The SMILES string of the molecule is O=C(Cc1csc(-c2ccc(C(F)(F)F)cc2)n1)Nc1cccc(NC(=O)c2ccco2)c1. The Labute approximate surface area is 190 Å². The fourth-order valence-corrected chi connectivity index (χ4v) is 3.79. The van der Waals surface area contributed by atoms with Crippen LogP contribution in [0, 0.1) is 0 Å². The molecule has 0 aliphatic rings. The molecule has 0 spiro atoms. The normalized spacial score (nSPS) is 11.2. The molecule has 2 aromatic carbocycles. The second-order valence-electron chi connectivity index (χ2n) is 6.96. The fraction of sp³-hybridized carbons (Fsp3) is 0.0870. The van der Waals surface area contributed by atoms with Crippen LogP contribution in [0.3, 0.4) is 0 Å². The van der Waals surface area contributed by atoms with Crippen molar-refractivity contribution in [2.45, 2.75) is 12.6 Å². The number of hydrogen-bond acceptors (Lipinski definition) is 5. The summed E-state index contributed by atoms with van der Waals surface area (Å²) in [5, 5.41) is 7.62. The van der Waals surface area contributed by atoms with Gasteiger partial charge in [0.1, 0.15) is 5.01 Å². The van der Waals surface area contributed by atoms with Crippen LogP contribution in [0.4, 0.5) is 24.5 Å². The van der Waals surface area contributed by atoms with Crippen molar-refractivity contribution in [1.29, 1.82) is 0 Å². The third kappa shape index (κ3) is 5.66. The highest BCUT2D eigenvalue weighted by molar-refractivity contribution is 7.13. The van der Waals surface area contributed by atoms with Gasteiger partial charge in [0, 0.05) is 22.3 Å². The lowest BCUT2D eigenvalue weighted by molar-refractivity contribution is -0.137. The van der Waals surface area contributed by atoms with Crippen LogP contribution >= 0.6 is 11.3 Å². The molecule has 4 rings (SSSR count). The molecule has 4 aromatic rings. The first-order valence-corrected chi connectivity index (χ1v) is 10.5. The first-order chi connectivity index (χ1) is 15.8. The van der Waals surface area contributed by atoms with E-state index in [2.05, 4.69) is 15.6 Å². The van der Waals surface area contributed by atoms with Crippen molar-refractivity contribution in [3.63, 3.8) is 0 Å². The Morgan fingerprint density at radius 1 is 0.970 bits per heavy atom. The maximum atomic E-state index is 12.7. The molecule has 0 aliphatic carbocycles. The monoisotopic (exact) mass is 471 g/mol. The summed E-state index contributed by atoms with van der Waals surface area (Å²) in [6.07, 6.45) is -3.02. The van der Waals surface area contributed by atoms with E-state index in [-0.39, 0.29) is 18.1 Å². The van der Waals surface area contributed by atoms with E-state index in [1.807, 2.05) is 0 Å². The van der Waals surface area contributed by atoms with Crippen LogP contribution in [0.2, 0.25) is 0 Å². The van der Waals surface area contributed by atoms with Crippen molar-refractivity contribution in [1.82, 2.24) is 4.98 Å². The molecular formula is C23H16F3N3O3S. The zero-order valence-electron chi connectivity index (χ0n) is 16.8. The number of nitrogens with zero attached hydrogens (tertiary/aromatic N) is 1. The molecule has 33 heavy (non-hydrogen) atoms. The molecule has 2 N–H and O–H groups in total. The van der Waals surface area contributed by atoms with Gasteiger partial charge in [-0.1, -0.05) is 18.2 Å². The summed E-state index contributed by atoms with van der Waals surface area (Å²) in [7, 11) is 0. The van der Waals surface area contributed by atoms with Crippen molar-refractivity contribution < 1.29 is 27.2 Å². The van der Waals surface area contributed by atoms with Gasteiger partial charge < -0.3 is 15.1 Å². The number of benzene rings is 2. The number of carbonyl (C=O) groups excluding carboxylic acids is 2. The van der Waals surface area contributed by atoms with Gasteiger partial charge in [-0.3, -0.25) is 9.59 Å². The van der Waals surface area contributed by atoms with E-state index in [4.69, 9.17) is 4.42 Å². The predicted octanol–water partition coefficient (Wildman–Crippen LogP) is 5.86. The summed E-state index contributed by atoms with van der Waals surface area (Å²) in [5.41, 5.74) is 1.27. The van der Waals surface area contributed by atoms with Gasteiger partial charge in [0.2, 0.25) is 5.91 Å². The van der Waals surface area contributed by atoms with Crippen LogP contribution in [0.15, 0.2) is 76.7 Å². The van der Waals surface area contributed by atoms with Gasteiger partial charge >= 0.3 is 6.18 Å². The van der Waals surface area contributed by atoms with E-state index >= 15 is 0 Å². The number of furan rings is 1. The lowest BCUT2D eigenvalue weighted by Crippen LogP contribution is -2.15. The molecule has 0 saturated carbocycles. The summed E-state index contributed by atoms with van der Waals surface area (Å²) < 4.78 is 43.2. The van der Waals surface area contributed by atoms with Gasteiger partial charge in [-0.15, -0.1) is 11.3 Å². The van der Waals surface area contributed by atoms with Crippen molar-refractivity contribution in [3.8, 4) is 10.6 Å². The molecule has 6 nitrogen and oxygen atoms in total. The third-order valence-corrected chi connectivity index (χ3v) is 5.44. The van der Waals surface area contributed by atoms with Crippen LogP contribution < -0.4 is 10.6 Å². The van der Waals surface area contributed by atoms with Gasteiger partial charge in [-0.25, -0.2) is 4.98 Å². The third-order valence-electron chi connectivity index (χ3n) is 4.50. The number of nitrogens with one attached hydrogen (secondary N) is 2. The lowest BCUT2D eigenvalue weighted by atomic mass is 10.1. The molecule has 0 atom stereocenters. The molecule has 0 bridgehead atoms. The van der Waals surface area contributed by atoms with Gasteiger partial charge in [0.05, 0.1) is 23.9 Å². The van der Waals surface area contributed by atoms with Crippen LogP contribution in [-0.4, -0.2) is 16.8 Å². The average molecular weight is 471 g/mol. The minimum atomic E-state index is -4.40. The molecule has 2 amide bonds. The van der Waals surface area contributed by atoms with Crippen molar-refractivity contribution in [3.05, 3.63) is 89.3 Å². The highest BCUT2D eigenvalue weighted by Gasteiger charge is 2.30. The number of alkyl halides is 3. The minimum absolute atomic E-state index is 0.0138. The minimum Gasteiger partial charge on any atom is -0.459 e. The van der Waals surface area contributed by atoms with Gasteiger partial charge in [-0.2, -0.15) is 13.2 Å². The Morgan fingerprint density at radius 3 is 2.36 bits per heavy atom. The maximum Gasteiger partial charge on any atom is 0.416 e. The zero-order chi connectivity index (χ0) is 23.4. The van der Waals surface area contributed by atoms with Crippen LogP contribution in [-0.2, 0) is 17.4 Å². The molecule has 0 fully saturated rings. The van der Waals surface area contributed by atoms with Gasteiger partial charge in [0.25, 0.3) is 5.91 Å². The zero-order valence-corrected chi connectivity index (χ0v) is 17.7. The molecular weight excluding hydrogens is 455 g/mol. The topological polar surface area (TPSA) is 84.2 Å². The second-order valence-corrected chi connectivity index (χ2v) is 7.81. The van der Waals surface area contributed by atoms with E-state index in [9.17, 15) is 22.8 Å². The molecule has 0 aliphatic heterocycles. The second kappa shape index (κ2) is 9.29. The fourth-order valence-electron chi connectivity index (χ4n) is 2.97. The summed E-state index contributed by atoms with van der Waals surface area (Å²) in [6.45, 7) is 0. The number of thiazole rings is 1. The molecule has 168 valence electrons. The summed E-state index contributed by atoms with van der Waals surface area (Å²) >= 11 is 1.24. The standard InChI is InChI=1S/C23H16F3N3O3S/c24-23(25,26)15-8-6-14(7-9-15)22-29-18(13-33-22)12-20(30)27-16-3-1-4-17(11-16)28-21(31)19-5-2-10-32-19/h1-11,13H,12H2,(H,27,30)(H,28,31). The summed E-state index contributed by atoms with van der Waals surface area (Å²) in [5.74, 6) is -0.577. The van der Waals surface area contributed by atoms with E-state index in [1.165, 1.54) is 35.8 Å². The molecule has 0 radical (unpaired) electrons. The summed E-state index contributed by atoms with van der Waals surface area (Å²) in [4.78, 5) is 28.9. The largest absolute Gasteiger partial charge is 0.459 e. The maximum absolute atomic E-state index is 12.7. The number of hydrogen-bond donors (Lipinski definition) is 2. The number of aromatic nitrogens is 1. The van der Waals surface area contributed by atoms with E-state index in [0.717, 1.165) is 12.1 Å². The average Bonchev–Trinajstić information content (AvgIpc) is 3.46. The molecule has 0 unspecified atom stereocenters. The number of anilines is 2. The van der Waals surface area contributed by atoms with E-state index in [1.54, 1.807) is 35.7 Å². The predicted molar refractivity (Wildman–Crippen MR) is 118 cm³/mol. The first kappa shape index (κ1) is 22.3. The number of amides is 2. The molecule has 10 heteroatoms. The first-order valence-electron chi connectivity index (χ1n) is 9.65. The van der Waals surface area contributed by atoms with Gasteiger partial charge in [0.15, 0.2) is 5.76 Å². The number of halogens is 3. The van der Waals surface area contributed by atoms with Crippen molar-refractivity contribution in [2.24, 2.45) is 0 Å². The smallest absolute Gasteiger partial charge is 0.416 e. The van der Waals surface area contributed by atoms with Crippen molar-refractivity contribution in [2.75, 3.05) is 10.6 Å². The Balaban J connectivity index is 1.37. The van der Waals surface area contributed by atoms with E-state index < -0.39 is 17.6 Å².